The van der Waals surface area contributed by atoms with Crippen LogP contribution >= 0.6 is 24.2 Å². The van der Waals surface area contributed by atoms with Gasteiger partial charge in [0.25, 0.3) is 0 Å². The van der Waals surface area contributed by atoms with Crippen LogP contribution in [-0.4, -0.2) is 9.55 Å². The van der Waals surface area contributed by atoms with Crippen molar-refractivity contribution in [3.05, 3.63) is 29.0 Å². The fourth-order valence-electron chi connectivity index (χ4n) is 2.40. The fourth-order valence-corrected chi connectivity index (χ4v) is 2.80. The Kier molecular flexibility index (Phi) is 5.59. The number of halogens is 1. The van der Waals surface area contributed by atoms with Gasteiger partial charge in [-0.25, -0.2) is 4.98 Å². The Bertz CT molecular complexity index is 536. The molecule has 0 aliphatic rings. The quantitative estimate of drug-likeness (QED) is 0.556. The molecular formula is C15H21ClN2S. The van der Waals surface area contributed by atoms with Gasteiger partial charge < -0.3 is 4.57 Å². The number of fused-ring (bicyclic) bond motifs is 1. The molecule has 0 atom stereocenters. The second-order valence-corrected chi connectivity index (χ2v) is 5.64. The van der Waals surface area contributed by atoms with Gasteiger partial charge in [0.2, 0.25) is 0 Å². The van der Waals surface area contributed by atoms with Crippen LogP contribution in [0, 0.1) is 0 Å². The molecule has 0 N–H and O–H groups in total. The van der Waals surface area contributed by atoms with Crippen LogP contribution in [0.4, 0.5) is 0 Å². The van der Waals surface area contributed by atoms with Crippen molar-refractivity contribution in [2.75, 3.05) is 0 Å². The molecule has 0 aliphatic carbocycles. The molecule has 1 aromatic heterocycles. The summed E-state index contributed by atoms with van der Waals surface area (Å²) in [6.07, 6.45) is 6.43. The number of aromatic nitrogens is 2. The van der Waals surface area contributed by atoms with Gasteiger partial charge in [-0.1, -0.05) is 44.2 Å². The Morgan fingerprint density at radius 3 is 2.74 bits per heavy atom. The lowest BCUT2D eigenvalue weighted by molar-refractivity contribution is 0.568. The van der Waals surface area contributed by atoms with E-state index in [0.717, 1.165) is 22.9 Å². The zero-order valence-corrected chi connectivity index (χ0v) is 13.1. The number of nitrogens with zero attached hydrogens (tertiary/aromatic N) is 2. The smallest absolute Gasteiger partial charge is 0.119 e. The molecule has 0 amide bonds. The molecule has 2 aromatic rings. The first-order valence-electron chi connectivity index (χ1n) is 7.01. The monoisotopic (exact) mass is 296 g/mol. The SMILES string of the molecule is CCCCCCCn1c(CS)nc2cc(Cl)ccc21. The van der Waals surface area contributed by atoms with Gasteiger partial charge in [-0.2, -0.15) is 12.6 Å². The Labute approximate surface area is 125 Å². The van der Waals surface area contributed by atoms with Gasteiger partial charge in [0.05, 0.1) is 11.0 Å². The molecule has 0 aliphatic heterocycles. The molecule has 2 rings (SSSR count). The topological polar surface area (TPSA) is 17.8 Å². The predicted molar refractivity (Wildman–Crippen MR) is 86.2 cm³/mol. The number of hydrogen-bond donors (Lipinski definition) is 1. The highest BCUT2D eigenvalue weighted by molar-refractivity contribution is 7.79. The molecule has 0 saturated carbocycles. The first-order valence-corrected chi connectivity index (χ1v) is 8.02. The molecule has 0 radical (unpaired) electrons. The second-order valence-electron chi connectivity index (χ2n) is 4.89. The van der Waals surface area contributed by atoms with E-state index in [1.165, 1.54) is 37.6 Å². The third-order valence-corrected chi connectivity index (χ3v) is 3.93. The first-order chi connectivity index (χ1) is 9.26. The van der Waals surface area contributed by atoms with Crippen LogP contribution in [0.5, 0.6) is 0 Å². The lowest BCUT2D eigenvalue weighted by atomic mass is 10.1. The van der Waals surface area contributed by atoms with E-state index >= 15 is 0 Å². The summed E-state index contributed by atoms with van der Waals surface area (Å²) >= 11 is 10.4. The number of benzene rings is 1. The van der Waals surface area contributed by atoms with Crippen molar-refractivity contribution in [2.45, 2.75) is 51.3 Å². The van der Waals surface area contributed by atoms with E-state index in [1.54, 1.807) is 0 Å². The van der Waals surface area contributed by atoms with Crippen LogP contribution < -0.4 is 0 Å². The molecule has 0 spiro atoms. The third kappa shape index (κ3) is 3.67. The van der Waals surface area contributed by atoms with Crippen molar-refractivity contribution in [3.8, 4) is 0 Å². The molecular weight excluding hydrogens is 276 g/mol. The normalized spacial score (nSPS) is 11.3. The van der Waals surface area contributed by atoms with E-state index in [-0.39, 0.29) is 0 Å². The van der Waals surface area contributed by atoms with Crippen LogP contribution in [0.25, 0.3) is 11.0 Å². The van der Waals surface area contributed by atoms with Crippen LogP contribution in [0.2, 0.25) is 5.02 Å². The van der Waals surface area contributed by atoms with Crippen molar-refractivity contribution in [2.24, 2.45) is 0 Å². The fraction of sp³-hybridized carbons (Fsp3) is 0.533. The molecule has 19 heavy (non-hydrogen) atoms. The van der Waals surface area contributed by atoms with Crippen LogP contribution in [0.1, 0.15) is 44.9 Å². The highest BCUT2D eigenvalue weighted by Crippen LogP contribution is 2.22. The first kappa shape index (κ1) is 14.7. The maximum atomic E-state index is 6.02. The van der Waals surface area contributed by atoms with E-state index in [9.17, 15) is 0 Å². The summed E-state index contributed by atoms with van der Waals surface area (Å²) in [7, 11) is 0. The summed E-state index contributed by atoms with van der Waals surface area (Å²) in [5.41, 5.74) is 2.15. The Hall–Kier alpha value is -0.670. The van der Waals surface area contributed by atoms with E-state index < -0.39 is 0 Å². The van der Waals surface area contributed by atoms with Gasteiger partial charge in [-0.15, -0.1) is 0 Å². The zero-order valence-electron chi connectivity index (χ0n) is 11.4. The van der Waals surface area contributed by atoms with Crippen molar-refractivity contribution in [1.82, 2.24) is 9.55 Å². The van der Waals surface area contributed by atoms with Crippen molar-refractivity contribution >= 4 is 35.3 Å². The number of unbranched alkanes of at least 4 members (excludes halogenated alkanes) is 4. The highest BCUT2D eigenvalue weighted by Gasteiger charge is 2.09. The molecule has 0 unspecified atom stereocenters. The standard InChI is InChI=1S/C15H21ClN2S/c1-2-3-4-5-6-9-18-14-8-7-12(16)10-13(14)17-15(18)11-19/h7-8,10,19H,2-6,9,11H2,1H3. The van der Waals surface area contributed by atoms with Gasteiger partial charge >= 0.3 is 0 Å². The van der Waals surface area contributed by atoms with E-state index in [4.69, 9.17) is 11.6 Å². The van der Waals surface area contributed by atoms with Crippen molar-refractivity contribution < 1.29 is 0 Å². The molecule has 104 valence electrons. The molecule has 0 bridgehead atoms. The Morgan fingerprint density at radius 1 is 1.21 bits per heavy atom. The van der Waals surface area contributed by atoms with Gasteiger partial charge in [0.1, 0.15) is 5.82 Å². The minimum absolute atomic E-state index is 0.668. The Balaban J connectivity index is 2.11. The number of hydrogen-bond acceptors (Lipinski definition) is 2. The van der Waals surface area contributed by atoms with Gasteiger partial charge in [0, 0.05) is 17.3 Å². The average Bonchev–Trinajstić information content (AvgIpc) is 2.75. The number of rotatable bonds is 7. The average molecular weight is 297 g/mol. The van der Waals surface area contributed by atoms with E-state index in [0.29, 0.717) is 5.75 Å². The number of aryl methyl sites for hydroxylation is 1. The number of imidazole rings is 1. The summed E-state index contributed by atoms with van der Waals surface area (Å²) in [6.45, 7) is 3.27. The largest absolute Gasteiger partial charge is 0.327 e. The van der Waals surface area contributed by atoms with Crippen molar-refractivity contribution in [3.63, 3.8) is 0 Å². The van der Waals surface area contributed by atoms with E-state index in [1.807, 2.05) is 12.1 Å². The molecule has 1 aromatic carbocycles. The maximum Gasteiger partial charge on any atom is 0.119 e. The lowest BCUT2D eigenvalue weighted by Gasteiger charge is -2.07. The molecule has 0 saturated heterocycles. The van der Waals surface area contributed by atoms with Gasteiger partial charge in [-0.05, 0) is 24.6 Å². The summed E-state index contributed by atoms with van der Waals surface area (Å²) in [4.78, 5) is 4.61. The maximum absolute atomic E-state index is 6.02. The summed E-state index contributed by atoms with van der Waals surface area (Å²) in [6, 6.07) is 5.92. The third-order valence-electron chi connectivity index (χ3n) is 3.42. The summed E-state index contributed by atoms with van der Waals surface area (Å²) < 4.78 is 2.28. The minimum atomic E-state index is 0.668. The molecule has 1 heterocycles. The van der Waals surface area contributed by atoms with Crippen LogP contribution in [0.15, 0.2) is 18.2 Å². The predicted octanol–water partition coefficient (Wildman–Crippen LogP) is 5.09. The van der Waals surface area contributed by atoms with Crippen LogP contribution in [0.3, 0.4) is 0 Å². The molecule has 2 nitrogen and oxygen atoms in total. The molecule has 0 fully saturated rings. The van der Waals surface area contributed by atoms with Gasteiger partial charge in [-0.3, -0.25) is 0 Å². The Morgan fingerprint density at radius 2 is 2.00 bits per heavy atom. The summed E-state index contributed by atoms with van der Waals surface area (Å²) in [5, 5.41) is 0.741. The second kappa shape index (κ2) is 7.20. The van der Waals surface area contributed by atoms with Crippen LogP contribution in [-0.2, 0) is 12.3 Å². The highest BCUT2D eigenvalue weighted by atomic mass is 35.5. The zero-order chi connectivity index (χ0) is 13.7. The minimum Gasteiger partial charge on any atom is -0.327 e. The summed E-state index contributed by atoms with van der Waals surface area (Å²) in [5.74, 6) is 1.71. The number of thiol groups is 1. The lowest BCUT2D eigenvalue weighted by Crippen LogP contribution is -2.02. The van der Waals surface area contributed by atoms with Crippen molar-refractivity contribution in [1.29, 1.82) is 0 Å². The van der Waals surface area contributed by atoms with E-state index in [2.05, 4.69) is 35.2 Å². The molecule has 4 heteroatoms. The van der Waals surface area contributed by atoms with Gasteiger partial charge in [0.15, 0.2) is 0 Å².